The summed E-state index contributed by atoms with van der Waals surface area (Å²) in [5.41, 5.74) is 4.74. The van der Waals surface area contributed by atoms with E-state index in [4.69, 9.17) is 15.9 Å². The van der Waals surface area contributed by atoms with E-state index < -0.39 is 11.5 Å². The lowest BCUT2D eigenvalue weighted by Gasteiger charge is -2.21. The van der Waals surface area contributed by atoms with E-state index >= 15 is 0 Å². The molecule has 1 amide bonds. The molecule has 0 aromatic carbocycles. The van der Waals surface area contributed by atoms with E-state index in [1.54, 1.807) is 13.8 Å². The van der Waals surface area contributed by atoms with Crippen molar-refractivity contribution in [2.45, 2.75) is 20.0 Å². The van der Waals surface area contributed by atoms with Gasteiger partial charge in [-0.05, 0) is 13.8 Å². The van der Waals surface area contributed by atoms with Crippen LogP contribution in [0.4, 0.5) is 0 Å². The predicted octanol–water partition coefficient (Wildman–Crippen LogP) is -1.56. The number of aliphatic hydroxyl groups is 2. The highest BCUT2D eigenvalue weighted by molar-refractivity contribution is 5.82. The second-order valence-electron chi connectivity index (χ2n) is 3.63. The first-order chi connectivity index (χ1) is 5.94. The number of hydrogen-bond donors (Lipinski definition) is 4. The summed E-state index contributed by atoms with van der Waals surface area (Å²) in [5.74, 6) is -0.220. The smallest absolute Gasteiger partial charge is 0.227 e. The quantitative estimate of drug-likeness (QED) is 0.421. The lowest BCUT2D eigenvalue weighted by molar-refractivity contribution is -0.129. The van der Waals surface area contributed by atoms with Crippen molar-refractivity contribution < 1.29 is 15.0 Å². The molecule has 0 heterocycles. The van der Waals surface area contributed by atoms with Gasteiger partial charge in [-0.15, -0.1) is 0 Å². The van der Waals surface area contributed by atoms with E-state index in [2.05, 4.69) is 5.32 Å². The Labute approximate surface area is 77.9 Å². The van der Waals surface area contributed by atoms with Crippen molar-refractivity contribution in [3.05, 3.63) is 0 Å². The molecule has 0 aromatic heterocycles. The molecular formula is C8H18N2O3. The number of nitrogens with two attached hydrogens (primary N) is 1. The number of carbonyl (C=O) groups is 1. The zero-order valence-electron chi connectivity index (χ0n) is 8.08. The number of aliphatic hydroxyl groups excluding tert-OH is 2. The van der Waals surface area contributed by atoms with Gasteiger partial charge in [0.25, 0.3) is 0 Å². The van der Waals surface area contributed by atoms with Gasteiger partial charge in [0.15, 0.2) is 0 Å². The van der Waals surface area contributed by atoms with Crippen molar-refractivity contribution in [2.75, 3.05) is 19.7 Å². The maximum absolute atomic E-state index is 11.3. The van der Waals surface area contributed by atoms with Crippen molar-refractivity contribution in [1.29, 1.82) is 0 Å². The zero-order chi connectivity index (χ0) is 10.5. The van der Waals surface area contributed by atoms with Crippen LogP contribution in [0.1, 0.15) is 13.8 Å². The molecule has 0 saturated heterocycles. The minimum absolute atomic E-state index is 0.0543. The van der Waals surface area contributed by atoms with Crippen LogP contribution >= 0.6 is 0 Å². The van der Waals surface area contributed by atoms with Gasteiger partial charge in [-0.2, -0.15) is 0 Å². The number of hydrogen-bond acceptors (Lipinski definition) is 4. The number of nitrogens with one attached hydrogen (secondary N) is 1. The molecule has 78 valence electrons. The molecule has 0 fully saturated rings. The molecule has 1 unspecified atom stereocenters. The summed E-state index contributed by atoms with van der Waals surface area (Å²) in [6.07, 6.45) is -0.905. The Bertz CT molecular complexity index is 171. The third-order valence-electron chi connectivity index (χ3n) is 1.83. The average molecular weight is 190 g/mol. The van der Waals surface area contributed by atoms with Crippen LogP contribution in [0.5, 0.6) is 0 Å². The first-order valence-corrected chi connectivity index (χ1v) is 4.21. The molecule has 0 rings (SSSR count). The molecule has 5 N–H and O–H groups in total. The lowest BCUT2D eigenvalue weighted by atomic mass is 9.93. The van der Waals surface area contributed by atoms with Crippen LogP contribution in [-0.2, 0) is 4.79 Å². The minimum Gasteiger partial charge on any atom is -0.394 e. The molecule has 0 radical (unpaired) electrons. The van der Waals surface area contributed by atoms with Crippen LogP contribution in [0.15, 0.2) is 0 Å². The highest BCUT2D eigenvalue weighted by Crippen LogP contribution is 2.11. The fourth-order valence-corrected chi connectivity index (χ4v) is 0.607. The molecule has 0 aliphatic rings. The van der Waals surface area contributed by atoms with E-state index in [0.717, 1.165) is 0 Å². The fourth-order valence-electron chi connectivity index (χ4n) is 0.607. The molecule has 0 aromatic rings. The summed E-state index contributed by atoms with van der Waals surface area (Å²) in [5, 5.41) is 19.9. The Kier molecular flexibility index (Phi) is 4.90. The Morgan fingerprint density at radius 3 is 2.54 bits per heavy atom. The minimum atomic E-state index is -0.905. The first-order valence-electron chi connectivity index (χ1n) is 4.21. The standard InChI is InChI=1S/C8H18N2O3/c1-8(2,5-9)7(13)10-3-6(12)4-11/h6,11-12H,3-5,9H2,1-2H3,(H,10,13). The van der Waals surface area contributed by atoms with E-state index in [1.807, 2.05) is 0 Å². The SMILES string of the molecule is CC(C)(CN)C(=O)NCC(O)CO. The number of amides is 1. The molecular weight excluding hydrogens is 172 g/mol. The topological polar surface area (TPSA) is 95.6 Å². The largest absolute Gasteiger partial charge is 0.394 e. The Hall–Kier alpha value is -0.650. The van der Waals surface area contributed by atoms with Crippen LogP contribution in [-0.4, -0.2) is 41.9 Å². The van der Waals surface area contributed by atoms with Crippen molar-refractivity contribution >= 4 is 5.91 Å². The summed E-state index contributed by atoms with van der Waals surface area (Å²) in [6.45, 7) is 3.37. The Balaban J connectivity index is 3.88. The zero-order valence-corrected chi connectivity index (χ0v) is 8.08. The maximum Gasteiger partial charge on any atom is 0.227 e. The van der Waals surface area contributed by atoms with Crippen LogP contribution < -0.4 is 11.1 Å². The van der Waals surface area contributed by atoms with Crippen molar-refractivity contribution in [1.82, 2.24) is 5.32 Å². The summed E-state index contributed by atoms with van der Waals surface area (Å²) < 4.78 is 0. The first kappa shape index (κ1) is 12.3. The molecule has 5 heteroatoms. The average Bonchev–Trinajstić information content (AvgIpc) is 2.13. The van der Waals surface area contributed by atoms with Gasteiger partial charge in [0.2, 0.25) is 5.91 Å². The molecule has 0 saturated carbocycles. The van der Waals surface area contributed by atoms with Gasteiger partial charge < -0.3 is 21.3 Å². The van der Waals surface area contributed by atoms with Crippen LogP contribution in [0.25, 0.3) is 0 Å². The van der Waals surface area contributed by atoms with Gasteiger partial charge in [-0.25, -0.2) is 0 Å². The highest BCUT2D eigenvalue weighted by atomic mass is 16.3. The van der Waals surface area contributed by atoms with Crippen molar-refractivity contribution in [2.24, 2.45) is 11.1 Å². The van der Waals surface area contributed by atoms with Crippen LogP contribution in [0.3, 0.4) is 0 Å². The van der Waals surface area contributed by atoms with Gasteiger partial charge in [0.05, 0.1) is 18.1 Å². The molecule has 0 aliphatic carbocycles. The second kappa shape index (κ2) is 5.16. The summed E-state index contributed by atoms with van der Waals surface area (Å²) >= 11 is 0. The van der Waals surface area contributed by atoms with Crippen molar-refractivity contribution in [3.63, 3.8) is 0 Å². The van der Waals surface area contributed by atoms with E-state index in [9.17, 15) is 4.79 Å². The molecule has 0 bridgehead atoms. The van der Waals surface area contributed by atoms with E-state index in [1.165, 1.54) is 0 Å². The second-order valence-corrected chi connectivity index (χ2v) is 3.63. The van der Waals surface area contributed by atoms with Gasteiger partial charge in [-0.1, -0.05) is 0 Å². The maximum atomic E-state index is 11.3. The van der Waals surface area contributed by atoms with Crippen LogP contribution in [0.2, 0.25) is 0 Å². The highest BCUT2D eigenvalue weighted by Gasteiger charge is 2.25. The molecule has 13 heavy (non-hydrogen) atoms. The van der Waals surface area contributed by atoms with E-state index in [0.29, 0.717) is 0 Å². The third kappa shape index (κ3) is 4.21. The lowest BCUT2D eigenvalue weighted by Crippen LogP contribution is -2.44. The van der Waals surface area contributed by atoms with Gasteiger partial charge in [-0.3, -0.25) is 4.79 Å². The number of rotatable bonds is 5. The monoisotopic (exact) mass is 190 g/mol. The third-order valence-corrected chi connectivity index (χ3v) is 1.83. The normalized spacial score (nSPS) is 13.9. The molecule has 0 spiro atoms. The Morgan fingerprint density at radius 2 is 2.15 bits per heavy atom. The fraction of sp³-hybridized carbons (Fsp3) is 0.875. The summed E-state index contributed by atoms with van der Waals surface area (Å²) in [6, 6.07) is 0. The summed E-state index contributed by atoms with van der Waals surface area (Å²) in [7, 11) is 0. The molecule has 1 atom stereocenters. The van der Waals surface area contributed by atoms with Crippen LogP contribution in [0, 0.1) is 5.41 Å². The Morgan fingerprint density at radius 1 is 1.62 bits per heavy atom. The molecule has 5 nitrogen and oxygen atoms in total. The molecule has 0 aliphatic heterocycles. The van der Waals surface area contributed by atoms with Crippen molar-refractivity contribution in [3.8, 4) is 0 Å². The summed E-state index contributed by atoms with van der Waals surface area (Å²) in [4.78, 5) is 11.3. The number of carbonyl (C=O) groups excluding carboxylic acids is 1. The van der Waals surface area contributed by atoms with E-state index in [-0.39, 0.29) is 25.6 Å². The van der Waals surface area contributed by atoms with Gasteiger partial charge in [0.1, 0.15) is 0 Å². The van der Waals surface area contributed by atoms with Gasteiger partial charge >= 0.3 is 0 Å². The predicted molar refractivity (Wildman–Crippen MR) is 48.9 cm³/mol. The van der Waals surface area contributed by atoms with Gasteiger partial charge in [0, 0.05) is 13.1 Å².